The minimum absolute atomic E-state index is 1.16. The fourth-order valence-corrected chi connectivity index (χ4v) is 2.34. The standard InChI is InChI=1S/C14H22S/c1-4-6-14-11-12(9-10-15-3)7-8-13(14)5-2/h7-8,11H,4-6,9-10H2,1-3H3. The number of rotatable bonds is 6. The maximum absolute atomic E-state index is 2.42. The number of thioether (sulfide) groups is 1. The van der Waals surface area contributed by atoms with Gasteiger partial charge in [-0.25, -0.2) is 0 Å². The fraction of sp³-hybridized carbons (Fsp3) is 0.571. The molecule has 0 saturated carbocycles. The predicted molar refractivity (Wildman–Crippen MR) is 71.9 cm³/mol. The molecule has 0 aliphatic heterocycles. The third-order valence-electron chi connectivity index (χ3n) is 2.77. The topological polar surface area (TPSA) is 0 Å². The summed E-state index contributed by atoms with van der Waals surface area (Å²) >= 11 is 1.93. The Labute approximate surface area is 98.5 Å². The highest BCUT2D eigenvalue weighted by molar-refractivity contribution is 7.98. The van der Waals surface area contributed by atoms with Gasteiger partial charge < -0.3 is 0 Å². The minimum atomic E-state index is 1.16. The minimum Gasteiger partial charge on any atom is -0.165 e. The van der Waals surface area contributed by atoms with Crippen LogP contribution in [0, 0.1) is 0 Å². The van der Waals surface area contributed by atoms with Crippen LogP contribution in [0.4, 0.5) is 0 Å². The molecule has 0 fully saturated rings. The molecule has 1 rings (SSSR count). The molecule has 15 heavy (non-hydrogen) atoms. The molecule has 1 aromatic carbocycles. The van der Waals surface area contributed by atoms with Crippen LogP contribution in [0.3, 0.4) is 0 Å². The van der Waals surface area contributed by atoms with Gasteiger partial charge in [0.05, 0.1) is 0 Å². The van der Waals surface area contributed by atoms with E-state index in [0.29, 0.717) is 0 Å². The van der Waals surface area contributed by atoms with E-state index in [2.05, 4.69) is 38.3 Å². The van der Waals surface area contributed by atoms with Crippen LogP contribution in [0.5, 0.6) is 0 Å². The van der Waals surface area contributed by atoms with E-state index in [1.165, 1.54) is 36.1 Å². The zero-order chi connectivity index (χ0) is 11.1. The molecule has 0 N–H and O–H groups in total. The molecule has 0 nitrogen and oxygen atoms in total. The Morgan fingerprint density at radius 3 is 2.47 bits per heavy atom. The Morgan fingerprint density at radius 1 is 1.07 bits per heavy atom. The van der Waals surface area contributed by atoms with Crippen molar-refractivity contribution in [2.45, 2.75) is 39.5 Å². The Kier molecular flexibility index (Phi) is 5.85. The first kappa shape index (κ1) is 12.6. The van der Waals surface area contributed by atoms with E-state index < -0.39 is 0 Å². The van der Waals surface area contributed by atoms with E-state index in [4.69, 9.17) is 0 Å². The quantitative estimate of drug-likeness (QED) is 0.698. The Hall–Kier alpha value is -0.430. The summed E-state index contributed by atoms with van der Waals surface area (Å²) in [6.45, 7) is 4.50. The first-order valence-electron chi connectivity index (χ1n) is 5.91. The van der Waals surface area contributed by atoms with Gasteiger partial charge in [-0.2, -0.15) is 11.8 Å². The summed E-state index contributed by atoms with van der Waals surface area (Å²) in [6, 6.07) is 7.04. The van der Waals surface area contributed by atoms with Crippen LogP contribution < -0.4 is 0 Å². The van der Waals surface area contributed by atoms with Crippen molar-refractivity contribution < 1.29 is 0 Å². The van der Waals surface area contributed by atoms with Crippen molar-refractivity contribution in [3.8, 4) is 0 Å². The summed E-state index contributed by atoms with van der Waals surface area (Å²) in [6.07, 6.45) is 7.03. The third kappa shape index (κ3) is 3.90. The molecule has 0 aliphatic rings. The lowest BCUT2D eigenvalue weighted by Crippen LogP contribution is -1.96. The zero-order valence-corrected chi connectivity index (χ0v) is 11.0. The van der Waals surface area contributed by atoms with Gasteiger partial charge in [-0.05, 0) is 48.0 Å². The number of benzene rings is 1. The smallest absolute Gasteiger partial charge is 0.00298 e. The van der Waals surface area contributed by atoms with Gasteiger partial charge in [0, 0.05) is 0 Å². The summed E-state index contributed by atoms with van der Waals surface area (Å²) in [5.41, 5.74) is 4.60. The first-order chi connectivity index (χ1) is 7.31. The summed E-state index contributed by atoms with van der Waals surface area (Å²) in [4.78, 5) is 0. The second-order valence-corrected chi connectivity index (χ2v) is 4.94. The van der Waals surface area contributed by atoms with Crippen molar-refractivity contribution in [3.63, 3.8) is 0 Å². The molecule has 0 aliphatic carbocycles. The van der Waals surface area contributed by atoms with Gasteiger partial charge in [-0.1, -0.05) is 38.5 Å². The highest BCUT2D eigenvalue weighted by Crippen LogP contribution is 2.16. The average molecular weight is 222 g/mol. The van der Waals surface area contributed by atoms with Crippen molar-refractivity contribution in [2.24, 2.45) is 0 Å². The average Bonchev–Trinajstić information content (AvgIpc) is 2.27. The molecule has 0 atom stereocenters. The SMILES string of the molecule is CCCc1cc(CCSC)ccc1CC. The van der Waals surface area contributed by atoms with Crippen molar-refractivity contribution in [3.05, 3.63) is 34.9 Å². The van der Waals surface area contributed by atoms with Gasteiger partial charge in [0.1, 0.15) is 0 Å². The van der Waals surface area contributed by atoms with E-state index in [1.807, 2.05) is 11.8 Å². The fourth-order valence-electron chi connectivity index (χ4n) is 1.90. The second kappa shape index (κ2) is 6.95. The maximum Gasteiger partial charge on any atom is -0.00298 e. The largest absolute Gasteiger partial charge is 0.165 e. The molecule has 1 aromatic rings. The van der Waals surface area contributed by atoms with Crippen LogP contribution in [-0.4, -0.2) is 12.0 Å². The molecule has 1 heteroatoms. The molecule has 0 aromatic heterocycles. The summed E-state index contributed by atoms with van der Waals surface area (Å²) < 4.78 is 0. The van der Waals surface area contributed by atoms with Crippen molar-refractivity contribution >= 4 is 11.8 Å². The van der Waals surface area contributed by atoms with Crippen molar-refractivity contribution in [1.29, 1.82) is 0 Å². The van der Waals surface area contributed by atoms with Crippen LogP contribution >= 0.6 is 11.8 Å². The van der Waals surface area contributed by atoms with Crippen LogP contribution in [0.1, 0.15) is 37.0 Å². The molecule has 0 heterocycles. The van der Waals surface area contributed by atoms with Gasteiger partial charge in [0.2, 0.25) is 0 Å². The highest BCUT2D eigenvalue weighted by Gasteiger charge is 2.01. The molecular formula is C14H22S. The lowest BCUT2D eigenvalue weighted by molar-refractivity contribution is 0.894. The molecular weight excluding hydrogens is 200 g/mol. The van der Waals surface area contributed by atoms with Crippen molar-refractivity contribution in [1.82, 2.24) is 0 Å². The van der Waals surface area contributed by atoms with Crippen LogP contribution in [0.2, 0.25) is 0 Å². The Bertz CT molecular complexity index is 291. The van der Waals surface area contributed by atoms with Crippen molar-refractivity contribution in [2.75, 3.05) is 12.0 Å². The zero-order valence-electron chi connectivity index (χ0n) is 10.2. The maximum atomic E-state index is 2.42. The lowest BCUT2D eigenvalue weighted by atomic mass is 9.98. The first-order valence-corrected chi connectivity index (χ1v) is 7.30. The Balaban J connectivity index is 2.79. The molecule has 0 spiro atoms. The van der Waals surface area contributed by atoms with E-state index in [0.717, 1.165) is 6.42 Å². The summed E-state index contributed by atoms with van der Waals surface area (Å²) in [5, 5.41) is 0. The van der Waals surface area contributed by atoms with Gasteiger partial charge in [0.15, 0.2) is 0 Å². The predicted octanol–water partition coefficient (Wildman–Crippen LogP) is 4.11. The van der Waals surface area contributed by atoms with E-state index in [9.17, 15) is 0 Å². The molecule has 0 radical (unpaired) electrons. The molecule has 84 valence electrons. The van der Waals surface area contributed by atoms with E-state index in [1.54, 1.807) is 5.56 Å². The van der Waals surface area contributed by atoms with Gasteiger partial charge in [-0.15, -0.1) is 0 Å². The number of hydrogen-bond acceptors (Lipinski definition) is 1. The normalized spacial score (nSPS) is 10.6. The monoisotopic (exact) mass is 222 g/mol. The molecule has 0 amide bonds. The molecule has 0 bridgehead atoms. The van der Waals surface area contributed by atoms with E-state index in [-0.39, 0.29) is 0 Å². The molecule has 0 saturated heterocycles. The van der Waals surface area contributed by atoms with E-state index >= 15 is 0 Å². The van der Waals surface area contributed by atoms with Gasteiger partial charge >= 0.3 is 0 Å². The Morgan fingerprint density at radius 2 is 1.87 bits per heavy atom. The lowest BCUT2D eigenvalue weighted by Gasteiger charge is -2.09. The summed E-state index contributed by atoms with van der Waals surface area (Å²) in [5.74, 6) is 1.23. The third-order valence-corrected chi connectivity index (χ3v) is 3.38. The van der Waals surface area contributed by atoms with Gasteiger partial charge in [0.25, 0.3) is 0 Å². The summed E-state index contributed by atoms with van der Waals surface area (Å²) in [7, 11) is 0. The van der Waals surface area contributed by atoms with Crippen LogP contribution in [0.25, 0.3) is 0 Å². The number of hydrogen-bond donors (Lipinski definition) is 0. The van der Waals surface area contributed by atoms with Gasteiger partial charge in [-0.3, -0.25) is 0 Å². The molecule has 0 unspecified atom stereocenters. The van der Waals surface area contributed by atoms with Crippen LogP contribution in [0.15, 0.2) is 18.2 Å². The number of aryl methyl sites for hydroxylation is 3. The van der Waals surface area contributed by atoms with Crippen LogP contribution in [-0.2, 0) is 19.3 Å². The highest BCUT2D eigenvalue weighted by atomic mass is 32.2. The second-order valence-electron chi connectivity index (χ2n) is 3.95.